The van der Waals surface area contributed by atoms with E-state index in [-0.39, 0.29) is 17.3 Å². The molecule has 0 radical (unpaired) electrons. The Morgan fingerprint density at radius 3 is 2.43 bits per heavy atom. The van der Waals surface area contributed by atoms with Crippen LogP contribution in [0.5, 0.6) is 0 Å². The standard InChI is InChI=1S/C17H20FNO3S/c1-3-13-7-9-16(10-8-13)23(20,21)19-12-17(22-2)14-5-4-6-15(18)11-14/h4-11,17,19H,3,12H2,1-2H3. The van der Waals surface area contributed by atoms with Gasteiger partial charge in [-0.1, -0.05) is 31.2 Å². The lowest BCUT2D eigenvalue weighted by Crippen LogP contribution is -2.29. The number of aryl methyl sites for hydroxylation is 1. The SMILES string of the molecule is CCc1ccc(S(=O)(=O)NCC(OC)c2cccc(F)c2)cc1. The van der Waals surface area contributed by atoms with Crippen LogP contribution in [0.1, 0.15) is 24.2 Å². The zero-order valence-electron chi connectivity index (χ0n) is 13.1. The Bertz CT molecular complexity index is 745. The fraction of sp³-hybridized carbons (Fsp3) is 0.294. The predicted octanol–water partition coefficient (Wildman–Crippen LogP) is 3.05. The van der Waals surface area contributed by atoms with Crippen LogP contribution < -0.4 is 4.72 Å². The molecule has 2 aromatic carbocycles. The van der Waals surface area contributed by atoms with Gasteiger partial charge in [0.15, 0.2) is 0 Å². The van der Waals surface area contributed by atoms with E-state index in [4.69, 9.17) is 4.74 Å². The average Bonchev–Trinajstić information content (AvgIpc) is 2.55. The summed E-state index contributed by atoms with van der Waals surface area (Å²) in [6.45, 7) is 2.03. The Balaban J connectivity index is 2.10. The van der Waals surface area contributed by atoms with Gasteiger partial charge >= 0.3 is 0 Å². The molecular formula is C17H20FNO3S. The van der Waals surface area contributed by atoms with Crippen LogP contribution in [0.15, 0.2) is 53.4 Å². The molecule has 2 rings (SSSR count). The number of rotatable bonds is 7. The quantitative estimate of drug-likeness (QED) is 0.845. The summed E-state index contributed by atoms with van der Waals surface area (Å²) in [5, 5.41) is 0. The van der Waals surface area contributed by atoms with E-state index in [1.54, 1.807) is 36.4 Å². The van der Waals surface area contributed by atoms with Gasteiger partial charge < -0.3 is 4.74 Å². The lowest BCUT2D eigenvalue weighted by Gasteiger charge is -2.17. The Morgan fingerprint density at radius 2 is 1.87 bits per heavy atom. The number of nitrogens with one attached hydrogen (secondary N) is 1. The molecule has 2 aromatic rings. The predicted molar refractivity (Wildman–Crippen MR) is 87.2 cm³/mol. The molecule has 0 aliphatic rings. The molecule has 124 valence electrons. The van der Waals surface area contributed by atoms with Gasteiger partial charge in [-0.2, -0.15) is 0 Å². The van der Waals surface area contributed by atoms with Gasteiger partial charge in [-0.05, 0) is 41.8 Å². The van der Waals surface area contributed by atoms with Crippen LogP contribution in [-0.2, 0) is 21.2 Å². The molecule has 0 saturated heterocycles. The molecule has 0 aromatic heterocycles. The highest BCUT2D eigenvalue weighted by molar-refractivity contribution is 7.89. The largest absolute Gasteiger partial charge is 0.375 e. The summed E-state index contributed by atoms with van der Waals surface area (Å²) in [7, 11) is -2.17. The third-order valence-corrected chi connectivity index (χ3v) is 5.05. The lowest BCUT2D eigenvalue weighted by atomic mass is 10.1. The minimum Gasteiger partial charge on any atom is -0.375 e. The summed E-state index contributed by atoms with van der Waals surface area (Å²) >= 11 is 0. The molecule has 0 aliphatic carbocycles. The third kappa shape index (κ3) is 4.60. The van der Waals surface area contributed by atoms with E-state index in [1.165, 1.54) is 19.2 Å². The van der Waals surface area contributed by atoms with Crippen molar-refractivity contribution in [2.45, 2.75) is 24.3 Å². The second kappa shape index (κ2) is 7.68. The molecule has 0 saturated carbocycles. The van der Waals surface area contributed by atoms with Crippen LogP contribution in [0.3, 0.4) is 0 Å². The molecule has 1 N–H and O–H groups in total. The Labute approximate surface area is 136 Å². The van der Waals surface area contributed by atoms with Crippen LogP contribution in [0.2, 0.25) is 0 Å². The van der Waals surface area contributed by atoms with Gasteiger partial charge in [0.2, 0.25) is 10.0 Å². The third-order valence-electron chi connectivity index (χ3n) is 3.61. The van der Waals surface area contributed by atoms with Crippen molar-refractivity contribution in [3.63, 3.8) is 0 Å². The van der Waals surface area contributed by atoms with Gasteiger partial charge in [0, 0.05) is 13.7 Å². The summed E-state index contributed by atoms with van der Waals surface area (Å²) in [4.78, 5) is 0.198. The molecule has 23 heavy (non-hydrogen) atoms. The van der Waals surface area contributed by atoms with Crippen molar-refractivity contribution in [3.05, 3.63) is 65.5 Å². The summed E-state index contributed by atoms with van der Waals surface area (Å²) in [6, 6.07) is 12.6. The van der Waals surface area contributed by atoms with Gasteiger partial charge in [0.05, 0.1) is 11.0 Å². The molecule has 0 spiro atoms. The highest BCUT2D eigenvalue weighted by atomic mass is 32.2. The van der Waals surface area contributed by atoms with E-state index in [0.29, 0.717) is 5.56 Å². The van der Waals surface area contributed by atoms with Crippen LogP contribution >= 0.6 is 0 Å². The number of hydrogen-bond acceptors (Lipinski definition) is 3. The molecule has 0 fully saturated rings. The van der Waals surface area contributed by atoms with E-state index in [9.17, 15) is 12.8 Å². The number of hydrogen-bond donors (Lipinski definition) is 1. The molecule has 0 bridgehead atoms. The van der Waals surface area contributed by atoms with Crippen molar-refractivity contribution < 1.29 is 17.5 Å². The Morgan fingerprint density at radius 1 is 1.17 bits per heavy atom. The van der Waals surface area contributed by atoms with Crippen LogP contribution in [0.25, 0.3) is 0 Å². The molecule has 0 aliphatic heterocycles. The lowest BCUT2D eigenvalue weighted by molar-refractivity contribution is 0.107. The minimum atomic E-state index is -3.63. The minimum absolute atomic E-state index is 0.0256. The zero-order chi connectivity index (χ0) is 16.9. The summed E-state index contributed by atoms with van der Waals surface area (Å²) < 4.78 is 45.7. The van der Waals surface area contributed by atoms with E-state index >= 15 is 0 Å². The normalized spacial score (nSPS) is 13.0. The smallest absolute Gasteiger partial charge is 0.240 e. The maximum absolute atomic E-state index is 13.3. The Kier molecular flexibility index (Phi) is 5.87. The summed E-state index contributed by atoms with van der Waals surface area (Å²) in [5.74, 6) is -0.387. The van der Waals surface area contributed by atoms with E-state index in [1.807, 2.05) is 6.92 Å². The monoisotopic (exact) mass is 337 g/mol. The van der Waals surface area contributed by atoms with Crippen LogP contribution in [-0.4, -0.2) is 22.1 Å². The summed E-state index contributed by atoms with van der Waals surface area (Å²) in [6.07, 6.45) is 0.286. The number of ether oxygens (including phenoxy) is 1. The molecule has 1 unspecified atom stereocenters. The molecule has 4 nitrogen and oxygen atoms in total. The fourth-order valence-corrected chi connectivity index (χ4v) is 3.25. The zero-order valence-corrected chi connectivity index (χ0v) is 13.9. The van der Waals surface area contributed by atoms with Gasteiger partial charge in [0.1, 0.15) is 5.82 Å². The number of halogens is 1. The first-order valence-corrected chi connectivity index (χ1v) is 8.81. The highest BCUT2D eigenvalue weighted by Gasteiger charge is 2.18. The number of methoxy groups -OCH3 is 1. The van der Waals surface area contributed by atoms with Gasteiger partial charge in [0.25, 0.3) is 0 Å². The second-order valence-electron chi connectivity index (χ2n) is 5.13. The van der Waals surface area contributed by atoms with Crippen LogP contribution in [0.4, 0.5) is 4.39 Å². The fourth-order valence-electron chi connectivity index (χ4n) is 2.22. The van der Waals surface area contributed by atoms with Gasteiger partial charge in [-0.15, -0.1) is 0 Å². The Hall–Kier alpha value is -1.76. The number of benzene rings is 2. The highest BCUT2D eigenvalue weighted by Crippen LogP contribution is 2.18. The topological polar surface area (TPSA) is 55.4 Å². The van der Waals surface area contributed by atoms with Crippen molar-refractivity contribution in [3.8, 4) is 0 Å². The first-order chi connectivity index (χ1) is 11.0. The molecule has 1 atom stereocenters. The van der Waals surface area contributed by atoms with Crippen molar-refractivity contribution in [2.75, 3.05) is 13.7 Å². The first-order valence-electron chi connectivity index (χ1n) is 7.33. The maximum atomic E-state index is 13.3. The van der Waals surface area contributed by atoms with Crippen LogP contribution in [0, 0.1) is 5.82 Å². The number of sulfonamides is 1. The van der Waals surface area contributed by atoms with E-state index in [0.717, 1.165) is 12.0 Å². The van der Waals surface area contributed by atoms with E-state index < -0.39 is 16.1 Å². The van der Waals surface area contributed by atoms with Crippen molar-refractivity contribution in [2.24, 2.45) is 0 Å². The maximum Gasteiger partial charge on any atom is 0.240 e. The van der Waals surface area contributed by atoms with Gasteiger partial charge in [-0.3, -0.25) is 0 Å². The van der Waals surface area contributed by atoms with Crippen molar-refractivity contribution in [1.82, 2.24) is 4.72 Å². The first kappa shape index (κ1) is 17.6. The molecule has 0 heterocycles. The van der Waals surface area contributed by atoms with Crippen molar-refractivity contribution >= 4 is 10.0 Å². The molecule has 0 amide bonds. The van der Waals surface area contributed by atoms with E-state index in [2.05, 4.69) is 4.72 Å². The molecular weight excluding hydrogens is 317 g/mol. The van der Waals surface area contributed by atoms with Gasteiger partial charge in [-0.25, -0.2) is 17.5 Å². The second-order valence-corrected chi connectivity index (χ2v) is 6.90. The molecule has 6 heteroatoms. The summed E-state index contributed by atoms with van der Waals surface area (Å²) in [5.41, 5.74) is 1.65. The van der Waals surface area contributed by atoms with Crippen molar-refractivity contribution in [1.29, 1.82) is 0 Å². The average molecular weight is 337 g/mol.